The highest BCUT2D eigenvalue weighted by Crippen LogP contribution is 2.22. The van der Waals surface area contributed by atoms with E-state index in [1.807, 2.05) is 4.57 Å². The van der Waals surface area contributed by atoms with Crippen molar-refractivity contribution in [1.82, 2.24) is 14.8 Å². The van der Waals surface area contributed by atoms with E-state index in [9.17, 15) is 9.59 Å². The minimum Gasteiger partial charge on any atom is -0.383 e. The Bertz CT molecular complexity index is 717. The highest BCUT2D eigenvalue weighted by atomic mass is 32.2. The molecule has 0 aliphatic rings. The van der Waals surface area contributed by atoms with E-state index in [0.717, 1.165) is 0 Å². The van der Waals surface area contributed by atoms with Crippen LogP contribution in [0.3, 0.4) is 0 Å². The molecule has 0 saturated heterocycles. The Morgan fingerprint density at radius 1 is 1.24 bits per heavy atom. The molecule has 1 heterocycles. The number of aromatic nitrogens is 3. The fourth-order valence-electron chi connectivity index (χ4n) is 1.97. The van der Waals surface area contributed by atoms with Crippen molar-refractivity contribution in [2.24, 2.45) is 0 Å². The first-order valence-electron chi connectivity index (χ1n) is 7.71. The Morgan fingerprint density at radius 2 is 1.88 bits per heavy atom. The maximum Gasteiger partial charge on any atom is 0.237 e. The number of anilines is 2. The van der Waals surface area contributed by atoms with Gasteiger partial charge in [0, 0.05) is 32.0 Å². The average Bonchev–Trinajstić information content (AvgIpc) is 3.01. The monoisotopic (exact) mass is 363 g/mol. The first-order valence-corrected chi connectivity index (χ1v) is 8.59. The van der Waals surface area contributed by atoms with Crippen LogP contribution in [0.25, 0.3) is 0 Å². The summed E-state index contributed by atoms with van der Waals surface area (Å²) in [6.45, 7) is 4.43. The number of carbonyl (C=O) groups excluding carboxylic acids is 2. The van der Waals surface area contributed by atoms with Gasteiger partial charge in [-0.1, -0.05) is 11.8 Å². The van der Waals surface area contributed by atoms with Gasteiger partial charge in [0.05, 0.1) is 11.9 Å². The SMILES string of the molecule is COCCn1cnnc1SC(C)C(=O)Nc1ccc(NC(C)=O)cc1. The summed E-state index contributed by atoms with van der Waals surface area (Å²) in [7, 11) is 1.63. The number of benzene rings is 1. The zero-order valence-corrected chi connectivity index (χ0v) is 15.2. The molecule has 9 heteroatoms. The third-order valence-corrected chi connectivity index (χ3v) is 4.34. The standard InChI is InChI=1S/C16H21N5O3S/c1-11(25-16-20-17-10-21(16)8-9-24-3)15(23)19-14-6-4-13(5-7-14)18-12(2)22/h4-7,10-11H,8-9H2,1-3H3,(H,18,22)(H,19,23). The third-order valence-electron chi connectivity index (χ3n) is 3.24. The van der Waals surface area contributed by atoms with Gasteiger partial charge in [0.1, 0.15) is 6.33 Å². The van der Waals surface area contributed by atoms with Gasteiger partial charge in [-0.3, -0.25) is 9.59 Å². The van der Waals surface area contributed by atoms with Gasteiger partial charge in [0.15, 0.2) is 5.16 Å². The van der Waals surface area contributed by atoms with Crippen LogP contribution in [0.15, 0.2) is 35.7 Å². The number of nitrogens with one attached hydrogen (secondary N) is 2. The van der Waals surface area contributed by atoms with Gasteiger partial charge in [-0.25, -0.2) is 0 Å². The van der Waals surface area contributed by atoms with Gasteiger partial charge in [-0.15, -0.1) is 10.2 Å². The molecular weight excluding hydrogens is 342 g/mol. The first-order chi connectivity index (χ1) is 12.0. The smallest absolute Gasteiger partial charge is 0.237 e. The Labute approximate surface area is 150 Å². The fourth-order valence-corrected chi connectivity index (χ4v) is 2.82. The van der Waals surface area contributed by atoms with Crippen LogP contribution in [0.4, 0.5) is 11.4 Å². The van der Waals surface area contributed by atoms with Crippen molar-refractivity contribution in [3.05, 3.63) is 30.6 Å². The number of amides is 2. The number of hydrogen-bond donors (Lipinski definition) is 2. The van der Waals surface area contributed by atoms with E-state index in [-0.39, 0.29) is 17.1 Å². The molecule has 134 valence electrons. The zero-order chi connectivity index (χ0) is 18.2. The molecule has 0 aliphatic heterocycles. The lowest BCUT2D eigenvalue weighted by Gasteiger charge is -2.12. The molecule has 0 spiro atoms. The van der Waals surface area contributed by atoms with E-state index in [4.69, 9.17) is 4.74 Å². The number of rotatable bonds is 8. The fraction of sp³-hybridized carbons (Fsp3) is 0.375. The summed E-state index contributed by atoms with van der Waals surface area (Å²) in [6.07, 6.45) is 1.62. The molecule has 1 aromatic heterocycles. The van der Waals surface area contributed by atoms with Gasteiger partial charge in [0.2, 0.25) is 11.8 Å². The number of hydrogen-bond acceptors (Lipinski definition) is 6. The van der Waals surface area contributed by atoms with E-state index in [1.165, 1.54) is 18.7 Å². The molecule has 2 aromatic rings. The Hall–Kier alpha value is -2.39. The lowest BCUT2D eigenvalue weighted by molar-refractivity contribution is -0.115. The van der Waals surface area contributed by atoms with Crippen LogP contribution in [-0.2, 0) is 20.9 Å². The molecule has 2 amide bonds. The van der Waals surface area contributed by atoms with Crippen LogP contribution in [0, 0.1) is 0 Å². The maximum atomic E-state index is 12.3. The van der Waals surface area contributed by atoms with E-state index in [1.54, 1.807) is 44.6 Å². The third kappa shape index (κ3) is 5.87. The second kappa shape index (κ2) is 9.19. The molecule has 0 saturated carbocycles. The zero-order valence-electron chi connectivity index (χ0n) is 14.4. The van der Waals surface area contributed by atoms with Gasteiger partial charge in [-0.05, 0) is 31.2 Å². The summed E-state index contributed by atoms with van der Waals surface area (Å²) < 4.78 is 6.89. The minimum absolute atomic E-state index is 0.139. The second-order valence-corrected chi connectivity index (χ2v) is 6.62. The second-order valence-electron chi connectivity index (χ2n) is 5.31. The van der Waals surface area contributed by atoms with Gasteiger partial charge in [0.25, 0.3) is 0 Å². The molecule has 2 N–H and O–H groups in total. The van der Waals surface area contributed by atoms with Gasteiger partial charge >= 0.3 is 0 Å². The Morgan fingerprint density at radius 3 is 2.48 bits per heavy atom. The van der Waals surface area contributed by atoms with Crippen LogP contribution < -0.4 is 10.6 Å². The molecule has 0 aliphatic carbocycles. The molecule has 1 atom stereocenters. The number of methoxy groups -OCH3 is 1. The van der Waals surface area contributed by atoms with Crippen molar-refractivity contribution in [2.75, 3.05) is 24.4 Å². The molecule has 1 aromatic carbocycles. The summed E-state index contributed by atoms with van der Waals surface area (Å²) in [5, 5.41) is 13.8. The predicted octanol–water partition coefficient (Wildman–Crippen LogP) is 2.00. The van der Waals surface area contributed by atoms with Gasteiger partial charge < -0.3 is 19.9 Å². The van der Waals surface area contributed by atoms with Crippen molar-refractivity contribution in [2.45, 2.75) is 30.8 Å². The highest BCUT2D eigenvalue weighted by molar-refractivity contribution is 8.00. The van der Waals surface area contributed by atoms with Crippen molar-refractivity contribution >= 4 is 35.0 Å². The van der Waals surface area contributed by atoms with E-state index < -0.39 is 0 Å². The molecule has 1 unspecified atom stereocenters. The van der Waals surface area contributed by atoms with Crippen LogP contribution in [-0.4, -0.2) is 45.5 Å². The molecular formula is C16H21N5O3S. The molecule has 0 radical (unpaired) electrons. The van der Waals surface area contributed by atoms with Crippen molar-refractivity contribution in [1.29, 1.82) is 0 Å². The van der Waals surface area contributed by atoms with E-state index >= 15 is 0 Å². The normalized spacial score (nSPS) is 11.8. The quantitative estimate of drug-likeness (QED) is 0.696. The molecule has 8 nitrogen and oxygen atoms in total. The van der Waals surface area contributed by atoms with E-state index in [2.05, 4.69) is 20.8 Å². The van der Waals surface area contributed by atoms with Crippen LogP contribution in [0.2, 0.25) is 0 Å². The average molecular weight is 363 g/mol. The summed E-state index contributed by atoms with van der Waals surface area (Å²) in [4.78, 5) is 23.3. The van der Waals surface area contributed by atoms with Crippen molar-refractivity contribution in [3.8, 4) is 0 Å². The molecule has 0 fully saturated rings. The highest BCUT2D eigenvalue weighted by Gasteiger charge is 2.18. The summed E-state index contributed by atoms with van der Waals surface area (Å²) in [5.41, 5.74) is 1.34. The number of thioether (sulfide) groups is 1. The van der Waals surface area contributed by atoms with Crippen LogP contribution in [0.1, 0.15) is 13.8 Å². The largest absolute Gasteiger partial charge is 0.383 e. The Kier molecular flexibility index (Phi) is 6.96. The Balaban J connectivity index is 1.92. The predicted molar refractivity (Wildman–Crippen MR) is 96.6 cm³/mol. The van der Waals surface area contributed by atoms with Crippen LogP contribution in [0.5, 0.6) is 0 Å². The maximum absolute atomic E-state index is 12.3. The summed E-state index contributed by atoms with van der Waals surface area (Å²) >= 11 is 1.33. The first kappa shape index (κ1) is 18.9. The molecule has 2 rings (SSSR count). The topological polar surface area (TPSA) is 98.1 Å². The minimum atomic E-state index is -0.347. The lowest BCUT2D eigenvalue weighted by atomic mass is 10.2. The van der Waals surface area contributed by atoms with Gasteiger partial charge in [-0.2, -0.15) is 0 Å². The molecule has 25 heavy (non-hydrogen) atoms. The number of nitrogens with zero attached hydrogens (tertiary/aromatic N) is 3. The lowest BCUT2D eigenvalue weighted by Crippen LogP contribution is -2.23. The number of carbonyl (C=O) groups is 2. The van der Waals surface area contributed by atoms with Crippen LogP contribution >= 0.6 is 11.8 Å². The van der Waals surface area contributed by atoms with Crippen molar-refractivity contribution < 1.29 is 14.3 Å². The molecule has 0 bridgehead atoms. The number of ether oxygens (including phenoxy) is 1. The van der Waals surface area contributed by atoms with E-state index in [0.29, 0.717) is 29.7 Å². The summed E-state index contributed by atoms with van der Waals surface area (Å²) in [5.74, 6) is -0.280. The van der Waals surface area contributed by atoms with Crippen molar-refractivity contribution in [3.63, 3.8) is 0 Å². The summed E-state index contributed by atoms with van der Waals surface area (Å²) in [6, 6.07) is 6.94.